The van der Waals surface area contributed by atoms with Crippen LogP contribution in [0.5, 0.6) is 11.5 Å². The highest BCUT2D eigenvalue weighted by Crippen LogP contribution is 2.33. The summed E-state index contributed by atoms with van der Waals surface area (Å²) < 4.78 is 17.2. The molecule has 5 heteroatoms. The van der Waals surface area contributed by atoms with E-state index in [1.807, 2.05) is 12.1 Å². The van der Waals surface area contributed by atoms with Gasteiger partial charge in [-0.1, -0.05) is 29.8 Å². The van der Waals surface area contributed by atoms with Gasteiger partial charge in [-0.05, 0) is 36.6 Å². The molecule has 0 aliphatic heterocycles. The first-order valence-electron chi connectivity index (χ1n) is 7.27. The predicted octanol–water partition coefficient (Wildman–Crippen LogP) is 3.27. The van der Waals surface area contributed by atoms with Crippen molar-refractivity contribution in [2.45, 2.75) is 20.3 Å². The van der Waals surface area contributed by atoms with Gasteiger partial charge >= 0.3 is 0 Å². The molecule has 0 heterocycles. The molecule has 1 N–H and O–H groups in total. The van der Waals surface area contributed by atoms with Crippen LogP contribution in [0.15, 0.2) is 16.6 Å². The Bertz CT molecular complexity index is 424. The Morgan fingerprint density at radius 1 is 1.10 bits per heavy atom. The molecule has 0 fully saturated rings. The van der Waals surface area contributed by atoms with Crippen molar-refractivity contribution >= 4 is 15.9 Å². The zero-order valence-corrected chi connectivity index (χ0v) is 15.0. The smallest absolute Gasteiger partial charge is 0.161 e. The second kappa shape index (κ2) is 10.0. The first-order chi connectivity index (χ1) is 10.1. The average Bonchev–Trinajstić information content (AvgIpc) is 2.46. The fourth-order valence-corrected chi connectivity index (χ4v) is 2.43. The van der Waals surface area contributed by atoms with Gasteiger partial charge in [0.05, 0.1) is 27.4 Å². The van der Waals surface area contributed by atoms with Gasteiger partial charge in [0, 0.05) is 11.0 Å². The van der Waals surface area contributed by atoms with Crippen LogP contribution in [0.3, 0.4) is 0 Å². The van der Waals surface area contributed by atoms with Gasteiger partial charge in [-0.2, -0.15) is 0 Å². The lowest BCUT2D eigenvalue weighted by Crippen LogP contribution is -2.24. The van der Waals surface area contributed by atoms with Crippen LogP contribution in [0.2, 0.25) is 0 Å². The standard InChI is InChI=1S/C16H26BrNO3/c1-12(2)11-18-6-8-21-7-5-13-9-15(19-3)16(20-4)10-14(13)17/h9-10,12,18H,5-8,11H2,1-4H3. The summed E-state index contributed by atoms with van der Waals surface area (Å²) in [4.78, 5) is 0. The van der Waals surface area contributed by atoms with Crippen molar-refractivity contribution in [3.8, 4) is 11.5 Å². The molecule has 1 rings (SSSR count). The molecule has 1 aromatic rings. The number of rotatable bonds is 10. The third-order valence-electron chi connectivity index (χ3n) is 3.04. The van der Waals surface area contributed by atoms with Gasteiger partial charge in [-0.3, -0.25) is 0 Å². The monoisotopic (exact) mass is 359 g/mol. The molecule has 4 nitrogen and oxygen atoms in total. The van der Waals surface area contributed by atoms with E-state index >= 15 is 0 Å². The van der Waals surface area contributed by atoms with Gasteiger partial charge in [-0.15, -0.1) is 0 Å². The Labute approximate surface area is 136 Å². The quantitative estimate of drug-likeness (QED) is 0.650. The first kappa shape index (κ1) is 18.3. The van der Waals surface area contributed by atoms with E-state index in [0.29, 0.717) is 12.5 Å². The molecular formula is C16H26BrNO3. The molecule has 1 aromatic carbocycles. The fraction of sp³-hybridized carbons (Fsp3) is 0.625. The molecule has 0 atom stereocenters. The van der Waals surface area contributed by atoms with Crippen LogP contribution in [0.4, 0.5) is 0 Å². The van der Waals surface area contributed by atoms with E-state index in [4.69, 9.17) is 14.2 Å². The van der Waals surface area contributed by atoms with Crippen LogP contribution in [0.25, 0.3) is 0 Å². The number of hydrogen-bond donors (Lipinski definition) is 1. The van der Waals surface area contributed by atoms with Crippen molar-refractivity contribution in [2.24, 2.45) is 5.92 Å². The third-order valence-corrected chi connectivity index (χ3v) is 3.78. The van der Waals surface area contributed by atoms with Gasteiger partial charge in [0.2, 0.25) is 0 Å². The molecule has 0 radical (unpaired) electrons. The number of benzene rings is 1. The summed E-state index contributed by atoms with van der Waals surface area (Å²) in [5.74, 6) is 2.15. The number of nitrogens with one attached hydrogen (secondary N) is 1. The minimum atomic E-state index is 0.674. The second-order valence-electron chi connectivity index (χ2n) is 5.26. The van der Waals surface area contributed by atoms with E-state index in [1.165, 1.54) is 0 Å². The highest BCUT2D eigenvalue weighted by atomic mass is 79.9. The van der Waals surface area contributed by atoms with E-state index in [2.05, 4.69) is 35.1 Å². The number of methoxy groups -OCH3 is 2. The van der Waals surface area contributed by atoms with E-state index in [9.17, 15) is 0 Å². The lowest BCUT2D eigenvalue weighted by molar-refractivity contribution is 0.138. The van der Waals surface area contributed by atoms with E-state index < -0.39 is 0 Å². The maximum atomic E-state index is 5.65. The van der Waals surface area contributed by atoms with Gasteiger partial charge < -0.3 is 19.5 Å². The third kappa shape index (κ3) is 6.68. The first-order valence-corrected chi connectivity index (χ1v) is 8.06. The van der Waals surface area contributed by atoms with Crippen molar-refractivity contribution in [1.82, 2.24) is 5.32 Å². The normalized spacial score (nSPS) is 11.0. The van der Waals surface area contributed by atoms with E-state index in [-0.39, 0.29) is 0 Å². The Balaban J connectivity index is 2.35. The molecule has 0 bridgehead atoms. The Kier molecular flexibility index (Phi) is 8.73. The molecule has 0 aromatic heterocycles. The molecule has 0 aliphatic carbocycles. The summed E-state index contributed by atoms with van der Waals surface area (Å²) in [5, 5.41) is 3.36. The zero-order chi connectivity index (χ0) is 15.7. The molecule has 0 spiro atoms. The highest BCUT2D eigenvalue weighted by Gasteiger charge is 2.09. The van der Waals surface area contributed by atoms with E-state index in [1.54, 1.807) is 14.2 Å². The summed E-state index contributed by atoms with van der Waals surface area (Å²) in [5.41, 5.74) is 1.16. The largest absolute Gasteiger partial charge is 0.493 e. The number of hydrogen-bond acceptors (Lipinski definition) is 4. The average molecular weight is 360 g/mol. The second-order valence-corrected chi connectivity index (χ2v) is 6.11. The van der Waals surface area contributed by atoms with Crippen LogP contribution in [-0.4, -0.2) is 40.5 Å². The van der Waals surface area contributed by atoms with Gasteiger partial charge in [-0.25, -0.2) is 0 Å². The van der Waals surface area contributed by atoms with E-state index in [0.717, 1.165) is 47.7 Å². The lowest BCUT2D eigenvalue weighted by Gasteiger charge is -2.12. The van der Waals surface area contributed by atoms with Gasteiger partial charge in [0.1, 0.15) is 0 Å². The van der Waals surface area contributed by atoms with Crippen molar-refractivity contribution in [3.63, 3.8) is 0 Å². The van der Waals surface area contributed by atoms with Crippen LogP contribution < -0.4 is 14.8 Å². The summed E-state index contributed by atoms with van der Waals surface area (Å²) >= 11 is 3.56. The van der Waals surface area contributed by atoms with Gasteiger partial charge in [0.15, 0.2) is 11.5 Å². The summed E-state index contributed by atoms with van der Waals surface area (Å²) in [6, 6.07) is 3.92. The Hall–Kier alpha value is -0.780. The predicted molar refractivity (Wildman–Crippen MR) is 89.5 cm³/mol. The van der Waals surface area contributed by atoms with Crippen molar-refractivity contribution in [2.75, 3.05) is 40.5 Å². The summed E-state index contributed by atoms with van der Waals surface area (Å²) in [6.07, 6.45) is 0.838. The molecule has 0 amide bonds. The maximum absolute atomic E-state index is 5.65. The molecule has 0 unspecified atom stereocenters. The molecule has 0 aliphatic rings. The number of ether oxygens (including phenoxy) is 3. The topological polar surface area (TPSA) is 39.7 Å². The van der Waals surface area contributed by atoms with Crippen molar-refractivity contribution in [1.29, 1.82) is 0 Å². The Morgan fingerprint density at radius 3 is 2.38 bits per heavy atom. The molecule has 0 saturated carbocycles. The molecule has 120 valence electrons. The van der Waals surface area contributed by atoms with Gasteiger partial charge in [0.25, 0.3) is 0 Å². The van der Waals surface area contributed by atoms with Crippen LogP contribution in [0, 0.1) is 5.92 Å². The van der Waals surface area contributed by atoms with Crippen LogP contribution >= 0.6 is 15.9 Å². The number of halogens is 1. The summed E-state index contributed by atoms with van der Waals surface area (Å²) in [6.45, 7) is 7.75. The maximum Gasteiger partial charge on any atom is 0.161 e. The van der Waals surface area contributed by atoms with Crippen LogP contribution in [0.1, 0.15) is 19.4 Å². The highest BCUT2D eigenvalue weighted by molar-refractivity contribution is 9.10. The lowest BCUT2D eigenvalue weighted by atomic mass is 10.1. The Morgan fingerprint density at radius 2 is 1.76 bits per heavy atom. The van der Waals surface area contributed by atoms with Crippen LogP contribution in [-0.2, 0) is 11.2 Å². The van der Waals surface area contributed by atoms with Crippen molar-refractivity contribution < 1.29 is 14.2 Å². The van der Waals surface area contributed by atoms with Crippen molar-refractivity contribution in [3.05, 3.63) is 22.2 Å². The molecule has 21 heavy (non-hydrogen) atoms. The molecular weight excluding hydrogens is 334 g/mol. The zero-order valence-electron chi connectivity index (χ0n) is 13.4. The fourth-order valence-electron chi connectivity index (χ4n) is 1.91. The molecule has 0 saturated heterocycles. The summed E-state index contributed by atoms with van der Waals surface area (Å²) in [7, 11) is 3.28. The SMILES string of the molecule is COc1cc(Br)c(CCOCCNCC(C)C)cc1OC. The minimum absolute atomic E-state index is 0.674. The minimum Gasteiger partial charge on any atom is -0.493 e.